The zero-order chi connectivity index (χ0) is 13.0. The van der Waals surface area contributed by atoms with Gasteiger partial charge in [0.25, 0.3) is 5.88 Å². The molecule has 0 saturated carbocycles. The molecule has 5 heteroatoms. The standard InChI is InChI=1S/C13H12FNO3/c1-17-11-4-2-9(3-5-11)8-18-13-12(14)6-10(16)7-15-13/h2-7,16H,8H2,1H3. The molecule has 1 aromatic heterocycles. The molecule has 0 unspecified atom stereocenters. The summed E-state index contributed by atoms with van der Waals surface area (Å²) in [5.74, 6) is -0.316. The Morgan fingerprint density at radius 2 is 2.00 bits per heavy atom. The van der Waals surface area contributed by atoms with Crippen molar-refractivity contribution in [3.8, 4) is 17.4 Å². The monoisotopic (exact) mass is 249 g/mol. The van der Waals surface area contributed by atoms with Crippen LogP contribution in [0.25, 0.3) is 0 Å². The smallest absolute Gasteiger partial charge is 0.250 e. The van der Waals surface area contributed by atoms with Gasteiger partial charge >= 0.3 is 0 Å². The molecule has 0 radical (unpaired) electrons. The Hall–Kier alpha value is -2.30. The van der Waals surface area contributed by atoms with Crippen molar-refractivity contribution in [3.05, 3.63) is 47.9 Å². The highest BCUT2D eigenvalue weighted by atomic mass is 19.1. The zero-order valence-corrected chi connectivity index (χ0v) is 9.76. The van der Waals surface area contributed by atoms with Crippen molar-refractivity contribution < 1.29 is 19.0 Å². The van der Waals surface area contributed by atoms with Crippen LogP contribution in [0, 0.1) is 5.82 Å². The van der Waals surface area contributed by atoms with Crippen LogP contribution in [0.15, 0.2) is 36.5 Å². The predicted octanol–water partition coefficient (Wildman–Crippen LogP) is 2.51. The number of ether oxygens (including phenoxy) is 2. The fourth-order valence-electron chi connectivity index (χ4n) is 1.39. The Kier molecular flexibility index (Phi) is 3.62. The third-order valence-electron chi connectivity index (χ3n) is 2.33. The van der Waals surface area contributed by atoms with Gasteiger partial charge in [-0.3, -0.25) is 0 Å². The molecule has 0 fully saturated rings. The topological polar surface area (TPSA) is 51.6 Å². The van der Waals surface area contributed by atoms with Crippen LogP contribution in [-0.4, -0.2) is 17.2 Å². The van der Waals surface area contributed by atoms with Gasteiger partial charge in [0, 0.05) is 6.07 Å². The average Bonchev–Trinajstić information content (AvgIpc) is 2.38. The minimum Gasteiger partial charge on any atom is -0.506 e. The molecule has 2 aromatic rings. The van der Waals surface area contributed by atoms with E-state index < -0.39 is 5.82 Å². The van der Waals surface area contributed by atoms with E-state index in [1.54, 1.807) is 19.2 Å². The lowest BCUT2D eigenvalue weighted by Gasteiger charge is -2.07. The number of halogens is 1. The number of methoxy groups -OCH3 is 1. The molecule has 4 nitrogen and oxygen atoms in total. The Morgan fingerprint density at radius 3 is 2.61 bits per heavy atom. The van der Waals surface area contributed by atoms with Crippen LogP contribution in [0.1, 0.15) is 5.56 Å². The normalized spacial score (nSPS) is 10.1. The molecule has 0 spiro atoms. The van der Waals surface area contributed by atoms with Gasteiger partial charge in [0.15, 0.2) is 5.82 Å². The van der Waals surface area contributed by atoms with Crippen LogP contribution >= 0.6 is 0 Å². The van der Waals surface area contributed by atoms with Crippen molar-refractivity contribution in [1.29, 1.82) is 0 Å². The summed E-state index contributed by atoms with van der Waals surface area (Å²) < 4.78 is 23.5. The van der Waals surface area contributed by atoms with E-state index >= 15 is 0 Å². The van der Waals surface area contributed by atoms with Crippen LogP contribution in [-0.2, 0) is 6.61 Å². The second-order valence-corrected chi connectivity index (χ2v) is 3.62. The van der Waals surface area contributed by atoms with Crippen molar-refractivity contribution in [1.82, 2.24) is 4.98 Å². The number of pyridine rings is 1. The highest BCUT2D eigenvalue weighted by Crippen LogP contribution is 2.19. The first kappa shape index (κ1) is 12.2. The second kappa shape index (κ2) is 5.35. The fourth-order valence-corrected chi connectivity index (χ4v) is 1.39. The number of nitrogens with zero attached hydrogens (tertiary/aromatic N) is 1. The van der Waals surface area contributed by atoms with Gasteiger partial charge in [-0.2, -0.15) is 0 Å². The summed E-state index contributed by atoms with van der Waals surface area (Å²) >= 11 is 0. The number of aromatic hydroxyl groups is 1. The van der Waals surface area contributed by atoms with Gasteiger partial charge in [-0.05, 0) is 17.7 Å². The summed E-state index contributed by atoms with van der Waals surface area (Å²) in [4.78, 5) is 3.65. The number of benzene rings is 1. The largest absolute Gasteiger partial charge is 0.506 e. The van der Waals surface area contributed by atoms with Gasteiger partial charge in [-0.25, -0.2) is 9.37 Å². The van der Waals surface area contributed by atoms with Gasteiger partial charge in [0.05, 0.1) is 13.3 Å². The van der Waals surface area contributed by atoms with Crippen molar-refractivity contribution in [2.45, 2.75) is 6.61 Å². The van der Waals surface area contributed by atoms with E-state index in [-0.39, 0.29) is 18.2 Å². The van der Waals surface area contributed by atoms with Gasteiger partial charge in [-0.1, -0.05) is 12.1 Å². The van der Waals surface area contributed by atoms with E-state index in [0.717, 1.165) is 23.6 Å². The molecule has 94 valence electrons. The van der Waals surface area contributed by atoms with E-state index in [0.29, 0.717) is 0 Å². The molecule has 0 atom stereocenters. The summed E-state index contributed by atoms with van der Waals surface area (Å²) in [6.07, 6.45) is 1.13. The van der Waals surface area contributed by atoms with Gasteiger partial charge in [-0.15, -0.1) is 0 Å². The average molecular weight is 249 g/mol. The molecule has 1 N–H and O–H groups in total. The van der Waals surface area contributed by atoms with Crippen LogP contribution in [0.3, 0.4) is 0 Å². The van der Waals surface area contributed by atoms with E-state index in [2.05, 4.69) is 4.98 Å². The van der Waals surface area contributed by atoms with Crippen LogP contribution in [0.2, 0.25) is 0 Å². The fraction of sp³-hybridized carbons (Fsp3) is 0.154. The molecular formula is C13H12FNO3. The van der Waals surface area contributed by atoms with Crippen molar-refractivity contribution in [2.75, 3.05) is 7.11 Å². The summed E-state index contributed by atoms with van der Waals surface area (Å²) in [6, 6.07) is 8.17. The first-order valence-electron chi connectivity index (χ1n) is 5.29. The third kappa shape index (κ3) is 2.88. The lowest BCUT2D eigenvalue weighted by atomic mass is 10.2. The van der Waals surface area contributed by atoms with E-state index in [9.17, 15) is 4.39 Å². The van der Waals surface area contributed by atoms with Crippen LogP contribution in [0.4, 0.5) is 4.39 Å². The molecule has 0 bridgehead atoms. The van der Waals surface area contributed by atoms with E-state index in [4.69, 9.17) is 14.6 Å². The third-order valence-corrected chi connectivity index (χ3v) is 2.33. The minimum atomic E-state index is -0.691. The SMILES string of the molecule is COc1ccc(COc2ncc(O)cc2F)cc1. The lowest BCUT2D eigenvalue weighted by Crippen LogP contribution is -1.99. The molecular weight excluding hydrogens is 237 g/mol. The van der Waals surface area contributed by atoms with E-state index in [1.807, 2.05) is 12.1 Å². The summed E-state index contributed by atoms with van der Waals surface area (Å²) in [6.45, 7) is 0.193. The Bertz CT molecular complexity index is 528. The molecule has 0 saturated heterocycles. The van der Waals surface area contributed by atoms with Gasteiger partial charge < -0.3 is 14.6 Å². The van der Waals surface area contributed by atoms with Crippen molar-refractivity contribution >= 4 is 0 Å². The number of aromatic nitrogens is 1. The van der Waals surface area contributed by atoms with Crippen molar-refractivity contribution in [2.24, 2.45) is 0 Å². The predicted molar refractivity (Wildman–Crippen MR) is 63.2 cm³/mol. The molecule has 2 rings (SSSR count). The summed E-state index contributed by atoms with van der Waals surface area (Å²) in [5, 5.41) is 9.01. The molecule has 18 heavy (non-hydrogen) atoms. The Morgan fingerprint density at radius 1 is 1.28 bits per heavy atom. The highest BCUT2D eigenvalue weighted by molar-refractivity contribution is 5.28. The van der Waals surface area contributed by atoms with Gasteiger partial charge in [0.2, 0.25) is 0 Å². The molecule has 0 amide bonds. The maximum Gasteiger partial charge on any atom is 0.250 e. The minimum absolute atomic E-state index is 0.136. The highest BCUT2D eigenvalue weighted by Gasteiger charge is 2.06. The summed E-state index contributed by atoms with van der Waals surface area (Å²) in [7, 11) is 1.58. The van der Waals surface area contributed by atoms with Crippen LogP contribution < -0.4 is 9.47 Å². The second-order valence-electron chi connectivity index (χ2n) is 3.62. The number of rotatable bonds is 4. The first-order valence-corrected chi connectivity index (χ1v) is 5.29. The number of hydrogen-bond acceptors (Lipinski definition) is 4. The number of hydrogen-bond donors (Lipinski definition) is 1. The Labute approximate surface area is 104 Å². The van der Waals surface area contributed by atoms with Crippen molar-refractivity contribution in [3.63, 3.8) is 0 Å². The molecule has 1 heterocycles. The van der Waals surface area contributed by atoms with E-state index in [1.165, 1.54) is 0 Å². The molecule has 0 aliphatic rings. The quantitative estimate of drug-likeness (QED) is 0.904. The maximum absolute atomic E-state index is 13.3. The molecule has 1 aromatic carbocycles. The lowest BCUT2D eigenvalue weighted by molar-refractivity contribution is 0.275. The van der Waals surface area contributed by atoms with Gasteiger partial charge in [0.1, 0.15) is 18.1 Å². The zero-order valence-electron chi connectivity index (χ0n) is 9.76. The maximum atomic E-state index is 13.3. The summed E-state index contributed by atoms with van der Waals surface area (Å²) in [5.41, 5.74) is 0.866. The Balaban J connectivity index is 2.02. The first-order chi connectivity index (χ1) is 8.69. The van der Waals surface area contributed by atoms with Crippen LogP contribution in [0.5, 0.6) is 17.4 Å². The molecule has 0 aliphatic heterocycles. The molecule has 0 aliphatic carbocycles.